The second kappa shape index (κ2) is 6.62. The molecule has 90 valence electrons. The van der Waals surface area contributed by atoms with Gasteiger partial charge in [-0.1, -0.05) is 13.8 Å². The van der Waals surface area contributed by atoms with Crippen molar-refractivity contribution in [2.24, 2.45) is 16.6 Å². The van der Waals surface area contributed by atoms with Crippen LogP contribution in [0.25, 0.3) is 0 Å². The van der Waals surface area contributed by atoms with Crippen molar-refractivity contribution < 1.29 is 8.42 Å². The van der Waals surface area contributed by atoms with Gasteiger partial charge in [0.15, 0.2) is 5.96 Å². The van der Waals surface area contributed by atoms with Crippen LogP contribution in [0.15, 0.2) is 4.99 Å². The Morgan fingerprint density at radius 3 is 2.53 bits per heavy atom. The average Bonchev–Trinajstić information content (AvgIpc) is 2.14. The Labute approximate surface area is 91.4 Å². The van der Waals surface area contributed by atoms with Gasteiger partial charge >= 0.3 is 0 Å². The Kier molecular flexibility index (Phi) is 6.26. The van der Waals surface area contributed by atoms with Crippen LogP contribution in [0.2, 0.25) is 0 Å². The molecule has 0 aromatic heterocycles. The zero-order chi connectivity index (χ0) is 11.9. The molecule has 4 N–H and O–H groups in total. The smallest absolute Gasteiger partial charge is 0.213 e. The lowest BCUT2D eigenvalue weighted by Crippen LogP contribution is -2.37. The van der Waals surface area contributed by atoms with Crippen LogP contribution in [0.5, 0.6) is 0 Å². The summed E-state index contributed by atoms with van der Waals surface area (Å²) in [6, 6.07) is 0. The number of nitrogens with two attached hydrogens (primary N) is 1. The van der Waals surface area contributed by atoms with Crippen molar-refractivity contribution >= 4 is 16.0 Å². The molecule has 0 fully saturated rings. The molecule has 15 heavy (non-hydrogen) atoms. The maximum Gasteiger partial charge on any atom is 0.213 e. The van der Waals surface area contributed by atoms with E-state index in [0.717, 1.165) is 0 Å². The molecule has 0 saturated carbocycles. The van der Waals surface area contributed by atoms with Gasteiger partial charge in [-0.3, -0.25) is 4.99 Å². The average molecular weight is 236 g/mol. The zero-order valence-electron chi connectivity index (χ0n) is 9.45. The molecule has 0 aliphatic carbocycles. The van der Waals surface area contributed by atoms with Gasteiger partial charge in [0.25, 0.3) is 0 Å². The lowest BCUT2D eigenvalue weighted by molar-refractivity contribution is 0.587. The summed E-state index contributed by atoms with van der Waals surface area (Å²) in [6.45, 7) is 4.96. The number of nitrogens with zero attached hydrogens (tertiary/aromatic N) is 1. The van der Waals surface area contributed by atoms with E-state index >= 15 is 0 Å². The van der Waals surface area contributed by atoms with Crippen molar-refractivity contribution in [1.29, 1.82) is 0 Å². The summed E-state index contributed by atoms with van der Waals surface area (Å²) in [5.41, 5.74) is 5.52. The first-order valence-electron chi connectivity index (χ1n) is 4.82. The highest BCUT2D eigenvalue weighted by molar-refractivity contribution is 7.89. The Hall–Kier alpha value is -0.820. The molecule has 0 bridgehead atoms. The first-order valence-corrected chi connectivity index (χ1v) is 6.47. The number of guanidine groups is 1. The van der Waals surface area contributed by atoms with Gasteiger partial charge in [0.2, 0.25) is 10.0 Å². The second-order valence-electron chi connectivity index (χ2n) is 3.57. The van der Waals surface area contributed by atoms with E-state index in [1.54, 1.807) is 0 Å². The molecular formula is C8H20N4O2S. The highest BCUT2D eigenvalue weighted by atomic mass is 32.2. The molecule has 7 heteroatoms. The number of aliphatic imine (C=N–C) groups is 1. The van der Waals surface area contributed by atoms with Crippen LogP contribution < -0.4 is 15.8 Å². The fourth-order valence-electron chi connectivity index (χ4n) is 0.752. The van der Waals surface area contributed by atoms with Gasteiger partial charge in [0.05, 0.1) is 5.75 Å². The predicted octanol–water partition coefficient (Wildman–Crippen LogP) is -0.904. The third-order valence-electron chi connectivity index (χ3n) is 1.61. The van der Waals surface area contributed by atoms with Crippen molar-refractivity contribution in [3.8, 4) is 0 Å². The molecule has 0 atom stereocenters. The minimum atomic E-state index is -3.17. The standard InChI is InChI=1S/C8H20N4O2S/c1-7(2)6-12-8(9)11-4-5-15(13,14)10-3/h7,10H,4-6H2,1-3H3,(H3,9,11,12). The summed E-state index contributed by atoms with van der Waals surface area (Å²) < 4.78 is 24.2. The summed E-state index contributed by atoms with van der Waals surface area (Å²) in [6.07, 6.45) is 0. The molecule has 0 spiro atoms. The first-order chi connectivity index (χ1) is 6.87. The summed E-state index contributed by atoms with van der Waals surface area (Å²) >= 11 is 0. The molecule has 0 heterocycles. The Morgan fingerprint density at radius 1 is 1.47 bits per heavy atom. The van der Waals surface area contributed by atoms with Crippen LogP contribution >= 0.6 is 0 Å². The molecule has 0 saturated heterocycles. The van der Waals surface area contributed by atoms with E-state index in [-0.39, 0.29) is 18.3 Å². The fraction of sp³-hybridized carbons (Fsp3) is 0.875. The first kappa shape index (κ1) is 14.2. The van der Waals surface area contributed by atoms with Crippen molar-refractivity contribution in [1.82, 2.24) is 10.0 Å². The van der Waals surface area contributed by atoms with Crippen LogP contribution in [0, 0.1) is 5.92 Å². The molecule has 0 radical (unpaired) electrons. The van der Waals surface area contributed by atoms with Gasteiger partial charge in [-0.05, 0) is 13.0 Å². The maximum absolute atomic E-state index is 11.0. The Balaban J connectivity index is 3.82. The SMILES string of the molecule is CNS(=O)(=O)CCNC(N)=NCC(C)C. The van der Waals surface area contributed by atoms with Crippen molar-refractivity contribution in [3.05, 3.63) is 0 Å². The number of nitrogens with one attached hydrogen (secondary N) is 2. The maximum atomic E-state index is 11.0. The van der Waals surface area contributed by atoms with Crippen molar-refractivity contribution in [2.75, 3.05) is 25.9 Å². The normalized spacial score (nSPS) is 13.2. The lowest BCUT2D eigenvalue weighted by Gasteiger charge is -2.06. The van der Waals surface area contributed by atoms with E-state index in [1.807, 2.05) is 13.8 Å². The Bertz CT molecular complexity index is 298. The monoisotopic (exact) mass is 236 g/mol. The summed E-state index contributed by atoms with van der Waals surface area (Å²) in [5, 5.41) is 2.74. The molecule has 0 aliphatic rings. The van der Waals surface area contributed by atoms with E-state index in [4.69, 9.17) is 5.73 Å². The molecule has 6 nitrogen and oxygen atoms in total. The van der Waals surface area contributed by atoms with Crippen LogP contribution in [0.1, 0.15) is 13.8 Å². The topological polar surface area (TPSA) is 96.6 Å². The highest BCUT2D eigenvalue weighted by Crippen LogP contribution is 1.90. The molecule has 0 aliphatic heterocycles. The lowest BCUT2D eigenvalue weighted by atomic mass is 10.2. The minimum absolute atomic E-state index is 0.0125. The Morgan fingerprint density at radius 2 is 2.07 bits per heavy atom. The van der Waals surface area contributed by atoms with Crippen LogP contribution in [0.3, 0.4) is 0 Å². The van der Waals surface area contributed by atoms with Crippen LogP contribution in [0.4, 0.5) is 0 Å². The van der Waals surface area contributed by atoms with E-state index in [0.29, 0.717) is 12.5 Å². The third kappa shape index (κ3) is 8.19. The minimum Gasteiger partial charge on any atom is -0.370 e. The van der Waals surface area contributed by atoms with Crippen LogP contribution in [-0.4, -0.2) is 40.3 Å². The molecule has 0 amide bonds. The number of rotatable bonds is 6. The second-order valence-corrected chi connectivity index (χ2v) is 5.62. The van der Waals surface area contributed by atoms with Gasteiger partial charge in [-0.15, -0.1) is 0 Å². The van der Waals surface area contributed by atoms with Crippen LogP contribution in [-0.2, 0) is 10.0 Å². The van der Waals surface area contributed by atoms with Gasteiger partial charge in [-0.25, -0.2) is 13.1 Å². The quantitative estimate of drug-likeness (QED) is 0.411. The van der Waals surface area contributed by atoms with E-state index in [1.165, 1.54) is 7.05 Å². The highest BCUT2D eigenvalue weighted by Gasteiger charge is 2.05. The zero-order valence-corrected chi connectivity index (χ0v) is 10.3. The largest absolute Gasteiger partial charge is 0.370 e. The van der Waals surface area contributed by atoms with E-state index in [9.17, 15) is 8.42 Å². The van der Waals surface area contributed by atoms with Crippen molar-refractivity contribution in [3.63, 3.8) is 0 Å². The molecule has 0 rings (SSSR count). The summed E-state index contributed by atoms with van der Waals surface area (Å²) in [7, 11) is -1.79. The van der Waals surface area contributed by atoms with Crippen molar-refractivity contribution in [2.45, 2.75) is 13.8 Å². The van der Waals surface area contributed by atoms with Gasteiger partial charge in [-0.2, -0.15) is 0 Å². The molecule has 0 aromatic carbocycles. The van der Waals surface area contributed by atoms with E-state index < -0.39 is 10.0 Å². The summed E-state index contributed by atoms with van der Waals surface area (Å²) in [5.74, 6) is 0.711. The van der Waals surface area contributed by atoms with Gasteiger partial charge in [0.1, 0.15) is 0 Å². The molecular weight excluding hydrogens is 216 g/mol. The third-order valence-corrected chi connectivity index (χ3v) is 2.98. The predicted molar refractivity (Wildman–Crippen MR) is 62.2 cm³/mol. The summed E-state index contributed by atoms with van der Waals surface area (Å²) in [4.78, 5) is 4.04. The molecule has 0 aromatic rings. The number of sulfonamides is 1. The fourth-order valence-corrected chi connectivity index (χ4v) is 1.33. The molecule has 0 unspecified atom stereocenters. The number of hydrogen-bond acceptors (Lipinski definition) is 3. The number of hydrogen-bond donors (Lipinski definition) is 3. The van der Waals surface area contributed by atoms with Gasteiger partial charge < -0.3 is 11.1 Å². The van der Waals surface area contributed by atoms with E-state index in [2.05, 4.69) is 15.0 Å². The van der Waals surface area contributed by atoms with Gasteiger partial charge in [0, 0.05) is 13.1 Å².